The van der Waals surface area contributed by atoms with Gasteiger partial charge in [0.25, 0.3) is 10.0 Å². The van der Waals surface area contributed by atoms with Gasteiger partial charge in [-0.2, -0.15) is 0 Å². The SMILES string of the molecule is Cc1ccc(NS(=O)(=O)/C=C/c2ccccc2)c(C)c1N. The fourth-order valence-electron chi connectivity index (χ4n) is 1.89. The summed E-state index contributed by atoms with van der Waals surface area (Å²) in [5.74, 6) is 0. The Morgan fingerprint density at radius 1 is 1.05 bits per heavy atom. The third-order valence-corrected chi connectivity index (χ3v) is 4.22. The van der Waals surface area contributed by atoms with Crippen LogP contribution < -0.4 is 10.5 Å². The minimum absolute atomic E-state index is 0.496. The summed E-state index contributed by atoms with van der Waals surface area (Å²) in [6.07, 6.45) is 1.55. The molecule has 110 valence electrons. The first-order valence-electron chi connectivity index (χ1n) is 6.51. The summed E-state index contributed by atoms with van der Waals surface area (Å²) in [7, 11) is -3.57. The monoisotopic (exact) mass is 302 g/mol. The number of hydrogen-bond donors (Lipinski definition) is 2. The van der Waals surface area contributed by atoms with Crippen molar-refractivity contribution in [3.63, 3.8) is 0 Å². The van der Waals surface area contributed by atoms with Gasteiger partial charge in [-0.3, -0.25) is 4.72 Å². The van der Waals surface area contributed by atoms with Gasteiger partial charge in [0.15, 0.2) is 0 Å². The molecule has 0 amide bonds. The van der Waals surface area contributed by atoms with Crippen molar-refractivity contribution in [3.8, 4) is 0 Å². The lowest BCUT2D eigenvalue weighted by Crippen LogP contribution is -2.11. The third-order valence-electron chi connectivity index (χ3n) is 3.22. The molecule has 0 saturated heterocycles. The molecule has 2 aromatic rings. The molecule has 0 saturated carbocycles. The van der Waals surface area contributed by atoms with Gasteiger partial charge in [-0.25, -0.2) is 8.42 Å². The van der Waals surface area contributed by atoms with Crippen LogP contribution in [0.2, 0.25) is 0 Å². The predicted molar refractivity (Wildman–Crippen MR) is 88.3 cm³/mol. The molecule has 21 heavy (non-hydrogen) atoms. The summed E-state index contributed by atoms with van der Waals surface area (Å²) in [6.45, 7) is 3.68. The molecule has 0 atom stereocenters. The van der Waals surface area contributed by atoms with E-state index >= 15 is 0 Å². The summed E-state index contributed by atoms with van der Waals surface area (Å²) >= 11 is 0. The van der Waals surface area contributed by atoms with Crippen molar-refractivity contribution in [3.05, 3.63) is 64.6 Å². The van der Waals surface area contributed by atoms with Crippen molar-refractivity contribution < 1.29 is 8.42 Å². The number of nitrogens with two attached hydrogens (primary N) is 1. The average molecular weight is 302 g/mol. The third kappa shape index (κ3) is 3.86. The Kier molecular flexibility index (Phi) is 4.33. The van der Waals surface area contributed by atoms with Crippen LogP contribution in [0.25, 0.3) is 6.08 Å². The number of sulfonamides is 1. The van der Waals surface area contributed by atoms with Crippen molar-refractivity contribution in [1.82, 2.24) is 0 Å². The van der Waals surface area contributed by atoms with Crippen molar-refractivity contribution in [2.45, 2.75) is 13.8 Å². The number of nitrogen functional groups attached to an aromatic ring is 1. The van der Waals surface area contributed by atoms with Crippen LogP contribution in [0.15, 0.2) is 47.9 Å². The zero-order chi connectivity index (χ0) is 15.5. The molecule has 3 N–H and O–H groups in total. The van der Waals surface area contributed by atoms with Crippen LogP contribution in [-0.2, 0) is 10.0 Å². The van der Waals surface area contributed by atoms with Crippen LogP contribution in [-0.4, -0.2) is 8.42 Å². The van der Waals surface area contributed by atoms with E-state index in [9.17, 15) is 8.42 Å². The van der Waals surface area contributed by atoms with Crippen molar-refractivity contribution >= 4 is 27.5 Å². The van der Waals surface area contributed by atoms with Gasteiger partial charge in [0.1, 0.15) is 0 Å². The molecule has 0 aromatic heterocycles. The number of nitrogens with one attached hydrogen (secondary N) is 1. The Bertz CT molecular complexity index is 766. The van der Waals surface area contributed by atoms with Crippen LogP contribution in [0.1, 0.15) is 16.7 Å². The van der Waals surface area contributed by atoms with Crippen LogP contribution >= 0.6 is 0 Å². The molecule has 0 radical (unpaired) electrons. The molecular weight excluding hydrogens is 284 g/mol. The second-order valence-electron chi connectivity index (χ2n) is 4.83. The predicted octanol–water partition coefficient (Wildman–Crippen LogP) is 3.30. The Hall–Kier alpha value is -2.27. The van der Waals surface area contributed by atoms with Gasteiger partial charge < -0.3 is 5.73 Å². The molecule has 0 aliphatic rings. The fraction of sp³-hybridized carbons (Fsp3) is 0.125. The van der Waals surface area contributed by atoms with Gasteiger partial charge in [0.2, 0.25) is 0 Å². The second kappa shape index (κ2) is 6.01. The van der Waals surface area contributed by atoms with Gasteiger partial charge >= 0.3 is 0 Å². The Morgan fingerprint density at radius 3 is 2.38 bits per heavy atom. The van der Waals surface area contributed by atoms with E-state index in [0.717, 1.165) is 22.1 Å². The minimum Gasteiger partial charge on any atom is -0.398 e. The molecule has 0 aliphatic carbocycles. The number of rotatable bonds is 4. The molecule has 0 aliphatic heterocycles. The summed E-state index contributed by atoms with van der Waals surface area (Å²) in [5, 5.41) is 1.15. The normalized spacial score (nSPS) is 11.7. The smallest absolute Gasteiger partial charge is 0.255 e. The number of benzene rings is 2. The largest absolute Gasteiger partial charge is 0.398 e. The van der Waals surface area contributed by atoms with Crippen LogP contribution in [0.5, 0.6) is 0 Å². The van der Waals surface area contributed by atoms with E-state index in [2.05, 4.69) is 4.72 Å². The molecule has 5 heteroatoms. The second-order valence-corrected chi connectivity index (χ2v) is 6.40. The molecule has 2 rings (SSSR count). The highest BCUT2D eigenvalue weighted by atomic mass is 32.2. The summed E-state index contributed by atoms with van der Waals surface area (Å²) in [6, 6.07) is 12.8. The summed E-state index contributed by atoms with van der Waals surface area (Å²) in [4.78, 5) is 0. The molecule has 0 heterocycles. The van der Waals surface area contributed by atoms with Gasteiger partial charge in [0, 0.05) is 5.69 Å². The van der Waals surface area contributed by atoms with E-state index in [1.54, 1.807) is 25.1 Å². The van der Waals surface area contributed by atoms with Gasteiger partial charge in [-0.15, -0.1) is 0 Å². The van der Waals surface area contributed by atoms with E-state index in [0.29, 0.717) is 11.4 Å². The first-order chi connectivity index (χ1) is 9.89. The van der Waals surface area contributed by atoms with Crippen molar-refractivity contribution in [2.24, 2.45) is 0 Å². The maximum atomic E-state index is 12.1. The van der Waals surface area contributed by atoms with Crippen LogP contribution in [0.4, 0.5) is 11.4 Å². The Labute approximate surface area is 125 Å². The topological polar surface area (TPSA) is 72.2 Å². The van der Waals surface area contributed by atoms with E-state index in [-0.39, 0.29) is 0 Å². The molecule has 0 fully saturated rings. The highest BCUT2D eigenvalue weighted by Crippen LogP contribution is 2.25. The van der Waals surface area contributed by atoms with Gasteiger partial charge in [-0.05, 0) is 42.7 Å². The standard InChI is InChI=1S/C16H18N2O2S/c1-12-8-9-15(13(2)16(12)17)18-21(19,20)11-10-14-6-4-3-5-7-14/h3-11,18H,17H2,1-2H3/b11-10+. The highest BCUT2D eigenvalue weighted by molar-refractivity contribution is 7.95. The minimum atomic E-state index is -3.57. The first-order valence-corrected chi connectivity index (χ1v) is 8.05. The molecule has 2 aromatic carbocycles. The van der Waals surface area contributed by atoms with E-state index in [1.165, 1.54) is 0 Å². The van der Waals surface area contributed by atoms with E-state index < -0.39 is 10.0 Å². The lowest BCUT2D eigenvalue weighted by atomic mass is 10.1. The maximum Gasteiger partial charge on any atom is 0.255 e. The number of anilines is 2. The maximum absolute atomic E-state index is 12.1. The first kappa shape index (κ1) is 15.1. The molecule has 0 unspecified atom stereocenters. The fourth-order valence-corrected chi connectivity index (χ4v) is 2.83. The van der Waals surface area contributed by atoms with Crippen LogP contribution in [0.3, 0.4) is 0 Å². The van der Waals surface area contributed by atoms with Gasteiger partial charge in [0.05, 0.1) is 11.1 Å². The summed E-state index contributed by atoms with van der Waals surface area (Å²) < 4.78 is 26.7. The quantitative estimate of drug-likeness (QED) is 0.851. The number of hydrogen-bond acceptors (Lipinski definition) is 3. The van der Waals surface area contributed by atoms with E-state index in [4.69, 9.17) is 5.73 Å². The van der Waals surface area contributed by atoms with Crippen LogP contribution in [0, 0.1) is 13.8 Å². The Balaban J connectivity index is 2.23. The molecule has 4 nitrogen and oxygen atoms in total. The van der Waals surface area contributed by atoms with Gasteiger partial charge in [-0.1, -0.05) is 36.4 Å². The zero-order valence-corrected chi connectivity index (χ0v) is 12.8. The molecular formula is C16H18N2O2S. The van der Waals surface area contributed by atoms with Crippen molar-refractivity contribution in [2.75, 3.05) is 10.5 Å². The van der Waals surface area contributed by atoms with Crippen molar-refractivity contribution in [1.29, 1.82) is 0 Å². The zero-order valence-electron chi connectivity index (χ0n) is 12.0. The lowest BCUT2D eigenvalue weighted by Gasteiger charge is -2.11. The van der Waals surface area contributed by atoms with E-state index in [1.807, 2.05) is 37.3 Å². The highest BCUT2D eigenvalue weighted by Gasteiger charge is 2.10. The number of aryl methyl sites for hydroxylation is 1. The molecule has 0 spiro atoms. The average Bonchev–Trinajstić information content (AvgIpc) is 2.47. The Morgan fingerprint density at radius 2 is 1.71 bits per heavy atom. The lowest BCUT2D eigenvalue weighted by molar-refractivity contribution is 0.609. The molecule has 0 bridgehead atoms. The summed E-state index contributed by atoms with van der Waals surface area (Å²) in [5.41, 5.74) is 9.49.